The molecule has 0 radical (unpaired) electrons. The molecule has 2 aliphatic rings. The van der Waals surface area contributed by atoms with Gasteiger partial charge in [-0.05, 0) is 36.8 Å². The largest absolute Gasteiger partial charge is 0.299 e. The number of carbonyl (C=O) groups is 1. The van der Waals surface area contributed by atoms with Crippen LogP contribution in [0.15, 0.2) is 24.3 Å². The maximum absolute atomic E-state index is 13.4. The van der Waals surface area contributed by atoms with Crippen molar-refractivity contribution < 1.29 is 13.6 Å². The second-order valence-electron chi connectivity index (χ2n) is 5.93. The molecule has 0 aliphatic heterocycles. The smallest absolute Gasteiger partial charge is 0.248 e. The van der Waals surface area contributed by atoms with Gasteiger partial charge in [0.15, 0.2) is 0 Å². The lowest BCUT2D eigenvalue weighted by Crippen LogP contribution is -2.34. The molecule has 1 atom stereocenters. The van der Waals surface area contributed by atoms with E-state index < -0.39 is 11.8 Å². The fraction of sp³-hybridized carbons (Fsp3) is 0.562. The lowest BCUT2D eigenvalue weighted by molar-refractivity contribution is -0.133. The number of hydrogen-bond acceptors (Lipinski definition) is 1. The van der Waals surface area contributed by atoms with Gasteiger partial charge in [-0.15, -0.1) is 0 Å². The number of Topliss-reactive ketones (excluding diaryl/α,β-unsaturated/α-hetero) is 1. The van der Waals surface area contributed by atoms with Crippen LogP contribution in [0.5, 0.6) is 0 Å². The molecule has 102 valence electrons. The summed E-state index contributed by atoms with van der Waals surface area (Å²) >= 11 is 0. The van der Waals surface area contributed by atoms with Crippen molar-refractivity contribution in [3.05, 3.63) is 35.4 Å². The van der Waals surface area contributed by atoms with Gasteiger partial charge < -0.3 is 0 Å². The quantitative estimate of drug-likeness (QED) is 0.794. The maximum Gasteiger partial charge on any atom is 0.248 e. The number of ketones is 1. The summed E-state index contributed by atoms with van der Waals surface area (Å²) in [6.45, 7) is 0. The molecule has 1 fully saturated rings. The minimum Gasteiger partial charge on any atom is -0.299 e. The van der Waals surface area contributed by atoms with Crippen molar-refractivity contribution in [1.82, 2.24) is 0 Å². The first-order valence-electron chi connectivity index (χ1n) is 7.03. The number of rotatable bonds is 2. The highest BCUT2D eigenvalue weighted by molar-refractivity contribution is 5.85. The van der Waals surface area contributed by atoms with Crippen molar-refractivity contribution in [1.29, 1.82) is 0 Å². The highest BCUT2D eigenvalue weighted by atomic mass is 19.3. The third-order valence-electron chi connectivity index (χ3n) is 4.50. The average Bonchev–Trinajstić information content (AvgIpc) is 2.80. The van der Waals surface area contributed by atoms with E-state index in [0.29, 0.717) is 12.8 Å². The van der Waals surface area contributed by atoms with Gasteiger partial charge in [-0.25, -0.2) is 8.78 Å². The Bertz CT molecular complexity index is 470. The van der Waals surface area contributed by atoms with Crippen molar-refractivity contribution >= 4 is 5.78 Å². The maximum atomic E-state index is 13.4. The zero-order valence-corrected chi connectivity index (χ0v) is 10.9. The van der Waals surface area contributed by atoms with Gasteiger partial charge in [0.25, 0.3) is 0 Å². The molecule has 1 unspecified atom stereocenters. The Balaban J connectivity index is 1.70. The second-order valence-corrected chi connectivity index (χ2v) is 5.93. The molecule has 0 spiro atoms. The first-order valence-corrected chi connectivity index (χ1v) is 7.03. The second kappa shape index (κ2) is 4.69. The molecule has 1 nitrogen and oxygen atoms in total. The van der Waals surface area contributed by atoms with Gasteiger partial charge in [0, 0.05) is 24.7 Å². The van der Waals surface area contributed by atoms with Crippen LogP contribution in [0, 0.1) is 11.8 Å². The zero-order valence-electron chi connectivity index (χ0n) is 10.9. The lowest BCUT2D eigenvalue weighted by Gasteiger charge is -2.29. The van der Waals surface area contributed by atoms with E-state index in [1.165, 1.54) is 11.1 Å². The molecule has 2 aliphatic carbocycles. The molecule has 0 heterocycles. The van der Waals surface area contributed by atoms with Gasteiger partial charge >= 0.3 is 0 Å². The van der Waals surface area contributed by atoms with Crippen molar-refractivity contribution in [2.75, 3.05) is 0 Å². The molecule has 19 heavy (non-hydrogen) atoms. The molecule has 1 saturated carbocycles. The van der Waals surface area contributed by atoms with E-state index in [1.807, 2.05) is 24.3 Å². The predicted molar refractivity (Wildman–Crippen MR) is 69.3 cm³/mol. The van der Waals surface area contributed by atoms with Crippen molar-refractivity contribution in [2.24, 2.45) is 11.8 Å². The van der Waals surface area contributed by atoms with Crippen LogP contribution in [-0.4, -0.2) is 11.7 Å². The number of benzene rings is 1. The summed E-state index contributed by atoms with van der Waals surface area (Å²) in [5.41, 5.74) is 2.42. The number of alkyl halides is 2. The fourth-order valence-electron chi connectivity index (χ4n) is 3.51. The normalized spacial score (nSPS) is 26.1. The van der Waals surface area contributed by atoms with E-state index in [2.05, 4.69) is 0 Å². The zero-order chi connectivity index (χ0) is 13.5. The standard InChI is InChI=1S/C16H18F2O/c17-16(18)7-3-6-13(10-16)15(19)14-8-11-4-1-2-5-12(11)9-14/h1-2,4-5,13-14H,3,6-10H2. The van der Waals surface area contributed by atoms with E-state index in [1.54, 1.807) is 0 Å². The topological polar surface area (TPSA) is 17.1 Å². The van der Waals surface area contributed by atoms with Gasteiger partial charge in [-0.2, -0.15) is 0 Å². The monoisotopic (exact) mass is 264 g/mol. The Morgan fingerprint density at radius 1 is 1.11 bits per heavy atom. The van der Waals surface area contributed by atoms with Crippen LogP contribution < -0.4 is 0 Å². The number of fused-ring (bicyclic) bond motifs is 1. The molecular weight excluding hydrogens is 246 g/mol. The van der Waals surface area contributed by atoms with Gasteiger partial charge in [-0.1, -0.05) is 24.3 Å². The molecular formula is C16H18F2O. The predicted octanol–water partition coefficient (Wildman–Crippen LogP) is 3.80. The Morgan fingerprint density at radius 2 is 1.74 bits per heavy atom. The lowest BCUT2D eigenvalue weighted by atomic mass is 9.79. The van der Waals surface area contributed by atoms with Crippen LogP contribution in [0.1, 0.15) is 36.8 Å². The van der Waals surface area contributed by atoms with E-state index >= 15 is 0 Å². The molecule has 3 heteroatoms. The van der Waals surface area contributed by atoms with Crippen molar-refractivity contribution in [2.45, 2.75) is 44.4 Å². The Hall–Kier alpha value is -1.25. The highest BCUT2D eigenvalue weighted by Gasteiger charge is 2.41. The average molecular weight is 264 g/mol. The Kier molecular flexibility index (Phi) is 3.15. The van der Waals surface area contributed by atoms with E-state index in [4.69, 9.17) is 0 Å². The van der Waals surface area contributed by atoms with Gasteiger partial charge in [0.1, 0.15) is 5.78 Å². The third-order valence-corrected chi connectivity index (χ3v) is 4.50. The first kappa shape index (κ1) is 12.8. The number of halogens is 2. The molecule has 0 amide bonds. The first-order chi connectivity index (χ1) is 9.05. The molecule has 1 aromatic carbocycles. The molecule has 0 aromatic heterocycles. The summed E-state index contributed by atoms with van der Waals surface area (Å²) in [7, 11) is 0. The summed E-state index contributed by atoms with van der Waals surface area (Å²) in [4.78, 5) is 12.4. The number of carbonyl (C=O) groups excluding carboxylic acids is 1. The van der Waals surface area contributed by atoms with Crippen LogP contribution in [0.25, 0.3) is 0 Å². The molecule has 0 N–H and O–H groups in total. The summed E-state index contributed by atoms with van der Waals surface area (Å²) < 4.78 is 26.8. The van der Waals surface area contributed by atoms with Gasteiger partial charge in [0.2, 0.25) is 5.92 Å². The van der Waals surface area contributed by atoms with Gasteiger partial charge in [-0.3, -0.25) is 4.79 Å². The van der Waals surface area contributed by atoms with E-state index in [-0.39, 0.29) is 24.5 Å². The summed E-state index contributed by atoms with van der Waals surface area (Å²) in [5.74, 6) is -3.07. The van der Waals surface area contributed by atoms with E-state index in [9.17, 15) is 13.6 Å². The van der Waals surface area contributed by atoms with Crippen LogP contribution in [-0.2, 0) is 17.6 Å². The summed E-state index contributed by atoms with van der Waals surface area (Å²) in [5, 5.41) is 0. The third kappa shape index (κ3) is 2.56. The van der Waals surface area contributed by atoms with Crippen LogP contribution in [0.4, 0.5) is 8.78 Å². The van der Waals surface area contributed by atoms with Crippen LogP contribution in [0.3, 0.4) is 0 Å². The van der Waals surface area contributed by atoms with Crippen LogP contribution in [0.2, 0.25) is 0 Å². The molecule has 0 bridgehead atoms. The Labute approximate surface area is 112 Å². The SMILES string of the molecule is O=C(C1Cc2ccccc2C1)C1CCCC(F)(F)C1. The van der Waals surface area contributed by atoms with Crippen LogP contribution >= 0.6 is 0 Å². The molecule has 0 saturated heterocycles. The summed E-state index contributed by atoms with van der Waals surface area (Å²) in [6, 6.07) is 8.02. The minimum atomic E-state index is -2.63. The minimum absolute atomic E-state index is 0.0539. The van der Waals surface area contributed by atoms with Crippen molar-refractivity contribution in [3.8, 4) is 0 Å². The van der Waals surface area contributed by atoms with Gasteiger partial charge in [0.05, 0.1) is 0 Å². The van der Waals surface area contributed by atoms with E-state index in [0.717, 1.165) is 12.8 Å². The summed E-state index contributed by atoms with van der Waals surface area (Å²) in [6.07, 6.45) is 2.29. The fourth-order valence-corrected chi connectivity index (χ4v) is 3.51. The Morgan fingerprint density at radius 3 is 2.32 bits per heavy atom. The molecule has 1 aromatic rings. The number of hydrogen-bond donors (Lipinski definition) is 0. The van der Waals surface area contributed by atoms with Crippen molar-refractivity contribution in [3.63, 3.8) is 0 Å². The highest BCUT2D eigenvalue weighted by Crippen LogP contribution is 2.39. The molecule has 3 rings (SSSR count).